The van der Waals surface area contributed by atoms with Gasteiger partial charge in [-0.15, -0.1) is 17.7 Å². The Kier molecular flexibility index (Phi) is 8.89. The topological polar surface area (TPSA) is 26.0 Å². The summed E-state index contributed by atoms with van der Waals surface area (Å²) in [5.41, 5.74) is 5.92. The number of benzene rings is 1. The van der Waals surface area contributed by atoms with Gasteiger partial charge in [-0.05, 0) is 6.54 Å². The zero-order chi connectivity index (χ0) is 6.69. The Morgan fingerprint density at radius 3 is 2.55 bits per heavy atom. The Morgan fingerprint density at radius 1 is 1.55 bits per heavy atom. The molecule has 0 bridgehead atoms. The van der Waals surface area contributed by atoms with Gasteiger partial charge in [-0.3, -0.25) is 0 Å². The monoisotopic (exact) mass is 227 g/mol. The largest absolute Gasteiger partial charge is 2.00 e. The van der Waals surface area contributed by atoms with Gasteiger partial charge in [0.1, 0.15) is 0 Å². The molecule has 0 unspecified atom stereocenters. The summed E-state index contributed by atoms with van der Waals surface area (Å²) in [6.45, 7) is 0.345. The zero-order valence-corrected chi connectivity index (χ0v) is 8.98. The van der Waals surface area contributed by atoms with Crippen LogP contribution < -0.4 is 22.7 Å². The van der Waals surface area contributed by atoms with Gasteiger partial charge in [-0.1, -0.05) is 0 Å². The standard InChI is InChI=1S/C7H7FN.BrH.Mg/c8-7-3-1-2-6(4-7)5-9;;/h1,3-4H,5,9H2;1H;/q-1;;+2/p-1. The van der Waals surface area contributed by atoms with Crippen molar-refractivity contribution in [3.63, 3.8) is 0 Å². The Labute approximate surface area is 92.1 Å². The van der Waals surface area contributed by atoms with Crippen LogP contribution >= 0.6 is 0 Å². The van der Waals surface area contributed by atoms with E-state index in [1.165, 1.54) is 18.2 Å². The molecule has 0 fully saturated rings. The van der Waals surface area contributed by atoms with Crippen molar-refractivity contribution in [2.45, 2.75) is 6.54 Å². The molecular formula is C7H7BrFMgN. The Bertz CT molecular complexity index is 207. The molecule has 56 valence electrons. The summed E-state index contributed by atoms with van der Waals surface area (Å²) in [6, 6.07) is 7.04. The van der Waals surface area contributed by atoms with Gasteiger partial charge in [0.25, 0.3) is 0 Å². The predicted molar refractivity (Wildman–Crippen MR) is 38.9 cm³/mol. The first-order chi connectivity index (χ1) is 4.33. The summed E-state index contributed by atoms with van der Waals surface area (Å²) >= 11 is 0. The summed E-state index contributed by atoms with van der Waals surface area (Å²) in [6.07, 6.45) is 0. The molecular weight excluding hydrogens is 221 g/mol. The van der Waals surface area contributed by atoms with Crippen LogP contribution in [-0.4, -0.2) is 23.1 Å². The number of halogens is 2. The quantitative estimate of drug-likeness (QED) is 0.425. The molecule has 0 saturated carbocycles. The van der Waals surface area contributed by atoms with Gasteiger partial charge in [0.05, 0.1) is 0 Å². The first-order valence-corrected chi connectivity index (χ1v) is 2.69. The minimum absolute atomic E-state index is 0. The number of hydrogen-bond acceptors (Lipinski definition) is 1. The van der Waals surface area contributed by atoms with Crippen molar-refractivity contribution >= 4 is 23.1 Å². The summed E-state index contributed by atoms with van der Waals surface area (Å²) in [5, 5.41) is 0. The van der Waals surface area contributed by atoms with Gasteiger partial charge in [-0.25, -0.2) is 4.39 Å². The van der Waals surface area contributed by atoms with E-state index in [4.69, 9.17) is 5.73 Å². The van der Waals surface area contributed by atoms with Crippen molar-refractivity contribution < 1.29 is 21.4 Å². The van der Waals surface area contributed by atoms with Crippen LogP contribution in [0, 0.1) is 11.9 Å². The van der Waals surface area contributed by atoms with Crippen molar-refractivity contribution in [3.8, 4) is 0 Å². The molecule has 0 aliphatic heterocycles. The minimum Gasteiger partial charge on any atom is -1.00 e. The fraction of sp³-hybridized carbons (Fsp3) is 0.143. The number of nitrogens with two attached hydrogens (primary N) is 1. The fourth-order valence-electron chi connectivity index (χ4n) is 0.602. The molecule has 0 spiro atoms. The average Bonchev–Trinajstić information content (AvgIpc) is 1.88. The Balaban J connectivity index is 0. The summed E-state index contributed by atoms with van der Waals surface area (Å²) in [7, 11) is 0. The van der Waals surface area contributed by atoms with E-state index in [0.29, 0.717) is 12.1 Å². The maximum Gasteiger partial charge on any atom is 2.00 e. The second kappa shape index (κ2) is 7.03. The van der Waals surface area contributed by atoms with Crippen LogP contribution in [-0.2, 0) is 6.54 Å². The molecule has 0 heterocycles. The summed E-state index contributed by atoms with van der Waals surface area (Å²) in [4.78, 5) is 0. The smallest absolute Gasteiger partial charge is 1.00 e. The molecule has 0 amide bonds. The Morgan fingerprint density at radius 2 is 2.18 bits per heavy atom. The van der Waals surface area contributed by atoms with E-state index in [1.807, 2.05) is 0 Å². The number of hydrogen-bond donors (Lipinski definition) is 1. The SMILES string of the molecule is NCc1[c-]ccc(F)c1.[Br-].[Mg+2]. The molecule has 0 aromatic heterocycles. The molecule has 0 atom stereocenters. The summed E-state index contributed by atoms with van der Waals surface area (Å²) < 4.78 is 12.3. The van der Waals surface area contributed by atoms with Gasteiger partial charge >= 0.3 is 23.1 Å². The molecule has 11 heavy (non-hydrogen) atoms. The van der Waals surface area contributed by atoms with Crippen molar-refractivity contribution in [2.75, 3.05) is 0 Å². The molecule has 0 aliphatic rings. The van der Waals surface area contributed by atoms with Crippen LogP contribution in [0.2, 0.25) is 0 Å². The second-order valence-corrected chi connectivity index (χ2v) is 1.74. The summed E-state index contributed by atoms with van der Waals surface area (Å²) in [5.74, 6) is -0.255. The van der Waals surface area contributed by atoms with E-state index in [0.717, 1.165) is 0 Å². The minimum atomic E-state index is -0.255. The number of rotatable bonds is 1. The zero-order valence-electron chi connectivity index (χ0n) is 5.98. The molecule has 4 heteroatoms. The molecule has 1 aromatic rings. The second-order valence-electron chi connectivity index (χ2n) is 1.74. The van der Waals surface area contributed by atoms with Crippen LogP contribution in [0.5, 0.6) is 0 Å². The van der Waals surface area contributed by atoms with Gasteiger partial charge in [0.2, 0.25) is 0 Å². The van der Waals surface area contributed by atoms with Crippen molar-refractivity contribution in [1.82, 2.24) is 0 Å². The van der Waals surface area contributed by atoms with Crippen LogP contribution in [0.3, 0.4) is 0 Å². The first kappa shape index (κ1) is 13.9. The predicted octanol–water partition coefficient (Wildman–Crippen LogP) is -2.29. The van der Waals surface area contributed by atoms with E-state index >= 15 is 0 Å². The van der Waals surface area contributed by atoms with Crippen LogP contribution in [0.25, 0.3) is 0 Å². The first-order valence-electron chi connectivity index (χ1n) is 2.69. The Hall–Kier alpha value is 0.356. The van der Waals surface area contributed by atoms with E-state index in [2.05, 4.69) is 6.07 Å². The fourth-order valence-corrected chi connectivity index (χ4v) is 0.602. The van der Waals surface area contributed by atoms with Gasteiger partial charge < -0.3 is 22.7 Å². The van der Waals surface area contributed by atoms with Crippen LogP contribution in [0.15, 0.2) is 18.2 Å². The van der Waals surface area contributed by atoms with Crippen molar-refractivity contribution in [2.24, 2.45) is 5.73 Å². The third kappa shape index (κ3) is 4.74. The van der Waals surface area contributed by atoms with Gasteiger partial charge in [-0.2, -0.15) is 12.1 Å². The molecule has 0 saturated heterocycles. The molecule has 0 radical (unpaired) electrons. The van der Waals surface area contributed by atoms with Crippen LogP contribution in [0.1, 0.15) is 5.56 Å². The third-order valence-electron chi connectivity index (χ3n) is 1.04. The third-order valence-corrected chi connectivity index (χ3v) is 1.04. The van der Waals surface area contributed by atoms with Gasteiger partial charge in [0.15, 0.2) is 0 Å². The maximum absolute atomic E-state index is 12.3. The molecule has 2 N–H and O–H groups in total. The van der Waals surface area contributed by atoms with E-state index in [1.54, 1.807) is 0 Å². The van der Waals surface area contributed by atoms with E-state index < -0.39 is 0 Å². The van der Waals surface area contributed by atoms with Crippen molar-refractivity contribution in [1.29, 1.82) is 0 Å². The van der Waals surface area contributed by atoms with Gasteiger partial charge in [0, 0.05) is 5.82 Å². The van der Waals surface area contributed by atoms with Crippen molar-refractivity contribution in [3.05, 3.63) is 35.6 Å². The van der Waals surface area contributed by atoms with E-state index in [9.17, 15) is 4.39 Å². The molecule has 1 nitrogen and oxygen atoms in total. The average molecular weight is 228 g/mol. The molecule has 1 rings (SSSR count). The van der Waals surface area contributed by atoms with Crippen LogP contribution in [0.4, 0.5) is 4.39 Å². The normalized spacial score (nSPS) is 7.82. The van der Waals surface area contributed by atoms with E-state index in [-0.39, 0.29) is 45.9 Å². The molecule has 0 aliphatic carbocycles. The molecule has 1 aromatic carbocycles. The maximum atomic E-state index is 12.3.